The van der Waals surface area contributed by atoms with Crippen molar-refractivity contribution in [1.82, 2.24) is 9.12 Å². The number of hydrogen-bond acceptors (Lipinski definition) is 5. The van der Waals surface area contributed by atoms with Gasteiger partial charge in [-0.25, -0.2) is 8.42 Å². The van der Waals surface area contributed by atoms with E-state index in [2.05, 4.69) is 6.58 Å². The van der Waals surface area contributed by atoms with Crippen LogP contribution in [0.3, 0.4) is 0 Å². The lowest BCUT2D eigenvalue weighted by molar-refractivity contribution is -0.387. The van der Waals surface area contributed by atoms with Crippen molar-refractivity contribution in [1.29, 1.82) is 0 Å². The fourth-order valence-electron chi connectivity index (χ4n) is 2.29. The molecule has 0 spiro atoms. The van der Waals surface area contributed by atoms with Gasteiger partial charge in [-0.3, -0.25) is 10.1 Å². The maximum absolute atomic E-state index is 12.7. The standard InChI is InChI=1S/C12H16BN3O4S/c1-10-8-14(13)6-7-15(9-10)21(19,20)12-5-3-2-4-11(12)16(17)18/h2-5H,1,6-9,13H2. The molecule has 1 aliphatic heterocycles. The van der Waals surface area contributed by atoms with Crippen molar-refractivity contribution in [3.05, 3.63) is 46.5 Å². The van der Waals surface area contributed by atoms with Crippen molar-refractivity contribution in [3.63, 3.8) is 0 Å². The summed E-state index contributed by atoms with van der Waals surface area (Å²) in [4.78, 5) is 12.1. The molecule has 0 saturated carbocycles. The summed E-state index contributed by atoms with van der Waals surface area (Å²) in [6.07, 6.45) is 0. The fourth-order valence-corrected chi connectivity index (χ4v) is 3.90. The number of rotatable bonds is 3. The van der Waals surface area contributed by atoms with Crippen molar-refractivity contribution >= 4 is 23.7 Å². The summed E-state index contributed by atoms with van der Waals surface area (Å²) in [7, 11) is -2.03. The first-order chi connectivity index (χ1) is 9.82. The molecule has 0 amide bonds. The Labute approximate surface area is 124 Å². The Morgan fingerprint density at radius 1 is 1.24 bits per heavy atom. The van der Waals surface area contributed by atoms with E-state index in [1.54, 1.807) is 0 Å². The first kappa shape index (κ1) is 15.7. The van der Waals surface area contributed by atoms with Crippen LogP contribution in [0.4, 0.5) is 5.69 Å². The molecule has 0 N–H and O–H groups in total. The molecular formula is C12H16BN3O4S. The molecule has 0 aromatic heterocycles. The van der Waals surface area contributed by atoms with E-state index in [0.29, 0.717) is 13.1 Å². The number of nitro benzene ring substituents is 1. The molecule has 0 atom stereocenters. The highest BCUT2D eigenvalue weighted by atomic mass is 32.2. The highest BCUT2D eigenvalue weighted by Crippen LogP contribution is 2.27. The molecule has 1 aliphatic rings. The van der Waals surface area contributed by atoms with Gasteiger partial charge in [0.05, 0.1) is 4.92 Å². The third-order valence-electron chi connectivity index (χ3n) is 3.30. The van der Waals surface area contributed by atoms with E-state index < -0.39 is 20.6 Å². The number of nitro groups is 1. The highest BCUT2D eigenvalue weighted by Gasteiger charge is 2.32. The Morgan fingerprint density at radius 3 is 2.57 bits per heavy atom. The van der Waals surface area contributed by atoms with Crippen LogP contribution in [0.25, 0.3) is 0 Å². The first-order valence-corrected chi connectivity index (χ1v) is 7.85. The minimum Gasteiger partial charge on any atom is -0.344 e. The lowest BCUT2D eigenvalue weighted by Crippen LogP contribution is -2.35. The molecule has 1 heterocycles. The van der Waals surface area contributed by atoms with Gasteiger partial charge in [-0.1, -0.05) is 18.7 Å². The van der Waals surface area contributed by atoms with Crippen molar-refractivity contribution in [2.75, 3.05) is 26.2 Å². The number of sulfonamides is 1. The predicted molar refractivity (Wildman–Crippen MR) is 81.1 cm³/mol. The van der Waals surface area contributed by atoms with Crippen LogP contribution in [-0.4, -0.2) is 56.6 Å². The van der Waals surface area contributed by atoms with Crippen molar-refractivity contribution in [2.24, 2.45) is 0 Å². The molecule has 0 unspecified atom stereocenters. The molecule has 0 bridgehead atoms. The van der Waals surface area contributed by atoms with Crippen LogP contribution in [0.15, 0.2) is 41.3 Å². The third kappa shape index (κ3) is 3.31. The third-order valence-corrected chi connectivity index (χ3v) is 5.20. The summed E-state index contributed by atoms with van der Waals surface area (Å²) >= 11 is 0. The topological polar surface area (TPSA) is 83.8 Å². The normalized spacial score (nSPS) is 18.4. The highest BCUT2D eigenvalue weighted by molar-refractivity contribution is 7.89. The molecule has 0 radical (unpaired) electrons. The molecule has 1 fully saturated rings. The molecule has 0 aliphatic carbocycles. The zero-order valence-corrected chi connectivity index (χ0v) is 12.5. The van der Waals surface area contributed by atoms with Crippen LogP contribution < -0.4 is 0 Å². The Hall–Kier alpha value is -1.71. The molecular weight excluding hydrogens is 293 g/mol. The van der Waals surface area contributed by atoms with Gasteiger partial charge in [0.15, 0.2) is 12.9 Å². The second-order valence-corrected chi connectivity index (χ2v) is 6.96. The number of para-hydroxylation sites is 1. The SMILES string of the molecule is BN1CCN(S(=O)(=O)c2ccccc2[N+](=O)[O-])CC(=C)C1. The molecule has 1 aromatic carbocycles. The van der Waals surface area contributed by atoms with Crippen molar-refractivity contribution in [3.8, 4) is 0 Å². The average molecular weight is 309 g/mol. The van der Waals surface area contributed by atoms with E-state index in [-0.39, 0.29) is 18.0 Å². The molecule has 7 nitrogen and oxygen atoms in total. The lowest BCUT2D eigenvalue weighted by Gasteiger charge is -2.20. The minimum atomic E-state index is -3.91. The zero-order chi connectivity index (χ0) is 15.6. The molecule has 1 aromatic rings. The summed E-state index contributed by atoms with van der Waals surface area (Å²) in [5.74, 6) is 0. The van der Waals surface area contributed by atoms with Gasteiger partial charge in [0.2, 0.25) is 10.0 Å². The molecule has 112 valence electrons. The first-order valence-electron chi connectivity index (χ1n) is 6.41. The van der Waals surface area contributed by atoms with E-state index in [0.717, 1.165) is 5.57 Å². The van der Waals surface area contributed by atoms with Crippen LogP contribution in [-0.2, 0) is 10.0 Å². The van der Waals surface area contributed by atoms with Crippen LogP contribution >= 0.6 is 0 Å². The largest absolute Gasteiger partial charge is 0.344 e. The van der Waals surface area contributed by atoms with Gasteiger partial charge in [-0.2, -0.15) is 4.31 Å². The Balaban J connectivity index is 2.42. The summed E-state index contributed by atoms with van der Waals surface area (Å²) in [5.41, 5.74) is 0.359. The number of benzene rings is 1. The maximum atomic E-state index is 12.7. The molecule has 9 heteroatoms. The van der Waals surface area contributed by atoms with Gasteiger partial charge in [-0.05, 0) is 11.6 Å². The fraction of sp³-hybridized carbons (Fsp3) is 0.333. The molecule has 2 rings (SSSR count). The van der Waals surface area contributed by atoms with E-state index in [9.17, 15) is 18.5 Å². The van der Waals surface area contributed by atoms with Gasteiger partial charge in [0.25, 0.3) is 5.69 Å². The quantitative estimate of drug-likeness (QED) is 0.340. The molecule has 21 heavy (non-hydrogen) atoms. The van der Waals surface area contributed by atoms with E-state index in [4.69, 9.17) is 0 Å². The van der Waals surface area contributed by atoms with E-state index in [1.165, 1.54) is 28.6 Å². The lowest BCUT2D eigenvalue weighted by atomic mass is 10.2. The van der Waals surface area contributed by atoms with E-state index >= 15 is 0 Å². The van der Waals surface area contributed by atoms with Crippen molar-refractivity contribution < 1.29 is 13.3 Å². The number of hydrogen-bond donors (Lipinski definition) is 0. The van der Waals surface area contributed by atoms with Crippen LogP contribution in [0.1, 0.15) is 0 Å². The summed E-state index contributed by atoms with van der Waals surface area (Å²) in [6.45, 7) is 5.49. The van der Waals surface area contributed by atoms with Crippen LogP contribution in [0.5, 0.6) is 0 Å². The monoisotopic (exact) mass is 309 g/mol. The average Bonchev–Trinajstić information content (AvgIpc) is 2.59. The maximum Gasteiger partial charge on any atom is 0.289 e. The zero-order valence-electron chi connectivity index (χ0n) is 11.7. The molecule has 1 saturated heterocycles. The second-order valence-electron chi connectivity index (χ2n) is 5.05. The van der Waals surface area contributed by atoms with Gasteiger partial charge < -0.3 is 4.81 Å². The Kier molecular flexibility index (Phi) is 4.45. The van der Waals surface area contributed by atoms with Crippen LogP contribution in [0.2, 0.25) is 0 Å². The summed E-state index contributed by atoms with van der Waals surface area (Å²) < 4.78 is 26.6. The predicted octanol–water partition coefficient (Wildman–Crippen LogP) is 0.00540. The Morgan fingerprint density at radius 2 is 1.90 bits per heavy atom. The number of nitrogens with zero attached hydrogens (tertiary/aromatic N) is 3. The second kappa shape index (κ2) is 5.96. The summed E-state index contributed by atoms with van der Waals surface area (Å²) in [6, 6.07) is 5.40. The van der Waals surface area contributed by atoms with Gasteiger partial charge in [0.1, 0.15) is 0 Å². The van der Waals surface area contributed by atoms with Gasteiger partial charge >= 0.3 is 0 Å². The van der Waals surface area contributed by atoms with Crippen molar-refractivity contribution in [2.45, 2.75) is 4.90 Å². The minimum absolute atomic E-state index is 0.179. The van der Waals surface area contributed by atoms with Crippen LogP contribution in [0, 0.1) is 10.1 Å². The smallest absolute Gasteiger partial charge is 0.289 e. The van der Waals surface area contributed by atoms with Gasteiger partial charge in [-0.15, -0.1) is 0 Å². The Bertz CT molecular complexity index is 677. The summed E-state index contributed by atoms with van der Waals surface area (Å²) in [5, 5.41) is 11.0. The van der Waals surface area contributed by atoms with Gasteiger partial charge in [0, 0.05) is 32.2 Å². The van der Waals surface area contributed by atoms with E-state index in [1.807, 2.05) is 12.8 Å².